The number of aromatic nitrogens is 1. The maximum absolute atomic E-state index is 13.7. The molecule has 1 aromatic heterocycles. The number of nitrogens with zero attached hydrogens (tertiary/aromatic N) is 2. The molecule has 4 aromatic rings. The highest BCUT2D eigenvalue weighted by molar-refractivity contribution is 7.17. The molecule has 1 fully saturated rings. The third-order valence-corrected chi connectivity index (χ3v) is 8.27. The maximum atomic E-state index is 13.7. The van der Waals surface area contributed by atoms with Crippen LogP contribution in [-0.4, -0.2) is 47.6 Å². The summed E-state index contributed by atoms with van der Waals surface area (Å²) in [7, 11) is 0. The van der Waals surface area contributed by atoms with E-state index in [9.17, 15) is 19.5 Å². The van der Waals surface area contributed by atoms with Crippen molar-refractivity contribution in [1.29, 1.82) is 0 Å². The average molecular weight is 613 g/mol. The highest BCUT2D eigenvalue weighted by atomic mass is 32.1. The number of carbonyl (C=O) groups excluding carboxylic acids is 3. The Morgan fingerprint density at radius 2 is 1.80 bits per heavy atom. The molecule has 3 aromatic carbocycles. The van der Waals surface area contributed by atoms with E-state index in [1.54, 1.807) is 56.3 Å². The van der Waals surface area contributed by atoms with Crippen LogP contribution in [0.3, 0.4) is 0 Å². The third kappa shape index (κ3) is 5.49. The van der Waals surface area contributed by atoms with Crippen molar-refractivity contribution in [3.63, 3.8) is 0 Å². The molecule has 0 unspecified atom stereocenters. The van der Waals surface area contributed by atoms with E-state index in [1.165, 1.54) is 4.90 Å². The lowest BCUT2D eigenvalue weighted by atomic mass is 9.95. The number of anilines is 1. The molecule has 224 valence electrons. The molecular formula is C33H28N2O8S. The van der Waals surface area contributed by atoms with Crippen LogP contribution in [0.4, 0.5) is 5.13 Å². The number of aliphatic hydroxyl groups is 1. The van der Waals surface area contributed by atoms with Gasteiger partial charge in [0, 0.05) is 5.56 Å². The molecule has 1 N–H and O–H groups in total. The van der Waals surface area contributed by atoms with Crippen LogP contribution >= 0.6 is 11.3 Å². The highest BCUT2D eigenvalue weighted by Crippen LogP contribution is 2.45. The van der Waals surface area contributed by atoms with Crippen LogP contribution in [0.1, 0.15) is 45.0 Å². The van der Waals surface area contributed by atoms with Crippen molar-refractivity contribution in [2.24, 2.45) is 0 Å². The van der Waals surface area contributed by atoms with E-state index >= 15 is 0 Å². The van der Waals surface area contributed by atoms with Crippen LogP contribution in [0, 0.1) is 6.92 Å². The van der Waals surface area contributed by atoms with Crippen molar-refractivity contribution < 1.29 is 38.4 Å². The summed E-state index contributed by atoms with van der Waals surface area (Å²) in [4.78, 5) is 45.9. The van der Waals surface area contributed by atoms with Crippen LogP contribution in [-0.2, 0) is 20.9 Å². The van der Waals surface area contributed by atoms with E-state index in [0.717, 1.165) is 16.9 Å². The first kappa shape index (κ1) is 28.9. The number of hydrogen-bond acceptors (Lipinski definition) is 10. The van der Waals surface area contributed by atoms with Gasteiger partial charge in [-0.1, -0.05) is 53.8 Å². The molecule has 2 aliphatic rings. The number of thiazole rings is 1. The summed E-state index contributed by atoms with van der Waals surface area (Å²) in [5, 5.41) is 11.7. The zero-order valence-corrected chi connectivity index (χ0v) is 24.8. The number of ketones is 1. The molecule has 1 amide bonds. The normalized spacial score (nSPS) is 17.0. The summed E-state index contributed by atoms with van der Waals surface area (Å²) in [6.07, 6.45) is 0. The first-order valence-corrected chi connectivity index (χ1v) is 14.8. The molecule has 6 rings (SSSR count). The van der Waals surface area contributed by atoms with E-state index in [0.29, 0.717) is 48.3 Å². The number of benzene rings is 3. The van der Waals surface area contributed by atoms with Gasteiger partial charge in [-0.2, -0.15) is 0 Å². The molecule has 44 heavy (non-hydrogen) atoms. The first-order valence-electron chi connectivity index (χ1n) is 14.0. The van der Waals surface area contributed by atoms with Crippen molar-refractivity contribution in [2.75, 3.05) is 24.7 Å². The number of amides is 1. The Morgan fingerprint density at radius 3 is 2.57 bits per heavy atom. The molecule has 3 heterocycles. The molecule has 0 saturated carbocycles. The maximum Gasteiger partial charge on any atom is 0.350 e. The summed E-state index contributed by atoms with van der Waals surface area (Å²) < 4.78 is 22.5. The lowest BCUT2D eigenvalue weighted by molar-refractivity contribution is -0.132. The minimum atomic E-state index is -1.08. The monoisotopic (exact) mass is 612 g/mol. The predicted molar refractivity (Wildman–Crippen MR) is 162 cm³/mol. The van der Waals surface area contributed by atoms with Crippen molar-refractivity contribution in [3.8, 4) is 17.2 Å². The largest absolute Gasteiger partial charge is 0.507 e. The van der Waals surface area contributed by atoms with Gasteiger partial charge in [0.1, 0.15) is 36.2 Å². The number of hydrogen-bond donors (Lipinski definition) is 1. The number of aliphatic hydroxyl groups excluding tert-OH is 1. The van der Waals surface area contributed by atoms with Gasteiger partial charge >= 0.3 is 11.9 Å². The number of carbonyl (C=O) groups is 3. The SMILES string of the molecule is CCOC(=O)c1sc(N2C(=O)C(=O)/C(=C(/O)c3ccc4c(c3)OCCO4)[C@@H]2c2cccc(OCc3ccccc3)c2)nc1C. The highest BCUT2D eigenvalue weighted by Gasteiger charge is 2.48. The standard InChI is InChI=1S/C33H28N2O8S/c1-3-40-32(39)30-19(2)34-33(44-30)35-27(21-10-7-11-23(16-21)43-18-20-8-5-4-6-9-20)26(29(37)31(35)38)28(36)22-12-13-24-25(17-22)42-15-14-41-24/h4-13,16-17,27,36H,3,14-15,18H2,1-2H3/b28-26+/t27-/m0/s1. The first-order chi connectivity index (χ1) is 21.4. The van der Waals surface area contributed by atoms with Gasteiger partial charge in [-0.3, -0.25) is 14.5 Å². The molecule has 1 saturated heterocycles. The van der Waals surface area contributed by atoms with Gasteiger partial charge in [0.05, 0.1) is 23.9 Å². The number of Topliss-reactive ketones (excluding diaryl/α,β-unsaturated/α-hetero) is 1. The van der Waals surface area contributed by atoms with Crippen molar-refractivity contribution in [1.82, 2.24) is 4.98 Å². The topological polar surface area (TPSA) is 124 Å². The average Bonchev–Trinajstić information content (AvgIpc) is 3.56. The van der Waals surface area contributed by atoms with Gasteiger partial charge in [-0.25, -0.2) is 9.78 Å². The summed E-state index contributed by atoms with van der Waals surface area (Å²) in [5.74, 6) is -1.33. The molecule has 0 spiro atoms. The van der Waals surface area contributed by atoms with Crippen molar-refractivity contribution in [3.05, 3.63) is 106 Å². The molecule has 11 heteroatoms. The summed E-state index contributed by atoms with van der Waals surface area (Å²) in [5.41, 5.74) is 1.95. The molecule has 0 aliphatic carbocycles. The van der Waals surface area contributed by atoms with Crippen LogP contribution in [0.15, 0.2) is 78.4 Å². The fourth-order valence-corrected chi connectivity index (χ4v) is 6.07. The molecule has 0 radical (unpaired) electrons. The Morgan fingerprint density at radius 1 is 1.02 bits per heavy atom. The Bertz CT molecular complexity index is 1780. The van der Waals surface area contributed by atoms with Crippen LogP contribution in [0.2, 0.25) is 0 Å². The fourth-order valence-electron chi connectivity index (χ4n) is 5.08. The predicted octanol–water partition coefficient (Wildman–Crippen LogP) is 5.60. The second kappa shape index (κ2) is 12.2. The van der Waals surface area contributed by atoms with Gasteiger partial charge in [0.15, 0.2) is 16.6 Å². The second-order valence-electron chi connectivity index (χ2n) is 10.0. The quantitative estimate of drug-likeness (QED) is 0.117. The van der Waals surface area contributed by atoms with Gasteiger partial charge in [-0.05, 0) is 55.3 Å². The van der Waals surface area contributed by atoms with E-state index in [4.69, 9.17) is 18.9 Å². The van der Waals surface area contributed by atoms with Crippen molar-refractivity contribution in [2.45, 2.75) is 26.5 Å². The number of rotatable bonds is 8. The minimum absolute atomic E-state index is 0.120. The molecule has 0 bridgehead atoms. The van der Waals surface area contributed by atoms with Crippen LogP contribution in [0.25, 0.3) is 5.76 Å². The zero-order valence-electron chi connectivity index (χ0n) is 23.9. The summed E-state index contributed by atoms with van der Waals surface area (Å²) >= 11 is 0.944. The third-order valence-electron chi connectivity index (χ3n) is 7.13. The van der Waals surface area contributed by atoms with E-state index in [-0.39, 0.29) is 33.5 Å². The van der Waals surface area contributed by atoms with Gasteiger partial charge in [-0.15, -0.1) is 0 Å². The number of ether oxygens (including phenoxy) is 4. The molecule has 1 atom stereocenters. The lowest BCUT2D eigenvalue weighted by Crippen LogP contribution is -2.29. The lowest BCUT2D eigenvalue weighted by Gasteiger charge is -2.24. The van der Waals surface area contributed by atoms with Gasteiger partial charge in [0.2, 0.25) is 0 Å². The number of aryl methyl sites for hydroxylation is 1. The van der Waals surface area contributed by atoms with E-state index in [2.05, 4.69) is 4.98 Å². The minimum Gasteiger partial charge on any atom is -0.507 e. The molecule has 2 aliphatic heterocycles. The van der Waals surface area contributed by atoms with Crippen molar-refractivity contribution >= 4 is 39.9 Å². The number of fused-ring (bicyclic) bond motifs is 1. The van der Waals surface area contributed by atoms with E-state index < -0.39 is 23.7 Å². The zero-order chi connectivity index (χ0) is 30.8. The molecular weight excluding hydrogens is 584 g/mol. The Labute approximate surface area is 257 Å². The Balaban J connectivity index is 1.46. The smallest absolute Gasteiger partial charge is 0.350 e. The van der Waals surface area contributed by atoms with Crippen LogP contribution in [0.5, 0.6) is 17.2 Å². The van der Waals surface area contributed by atoms with Gasteiger partial charge < -0.3 is 24.1 Å². The van der Waals surface area contributed by atoms with Crippen LogP contribution < -0.4 is 19.1 Å². The second-order valence-corrected chi connectivity index (χ2v) is 11.0. The Kier molecular flexibility index (Phi) is 8.03. The fraction of sp³-hybridized carbons (Fsp3) is 0.212. The summed E-state index contributed by atoms with van der Waals surface area (Å²) in [6.45, 7) is 4.53. The molecule has 10 nitrogen and oxygen atoms in total. The summed E-state index contributed by atoms with van der Waals surface area (Å²) in [6, 6.07) is 20.3. The van der Waals surface area contributed by atoms with E-state index in [1.807, 2.05) is 30.3 Å². The number of esters is 1. The Hall–Kier alpha value is -5.16. The van der Waals surface area contributed by atoms with Gasteiger partial charge in [0.25, 0.3) is 5.78 Å².